The van der Waals surface area contributed by atoms with Crippen LogP contribution in [0.25, 0.3) is 0 Å². The van der Waals surface area contributed by atoms with E-state index < -0.39 is 10.0 Å². The van der Waals surface area contributed by atoms with E-state index >= 15 is 0 Å². The van der Waals surface area contributed by atoms with Gasteiger partial charge in [0, 0.05) is 26.2 Å². The lowest BCUT2D eigenvalue weighted by molar-refractivity contribution is 0.122. The predicted octanol–water partition coefficient (Wildman–Crippen LogP) is 2.46. The zero-order valence-electron chi connectivity index (χ0n) is 15.3. The number of aliphatic hydroxyl groups is 1. The maximum Gasteiger partial charge on any atom is 0.240 e. The Labute approximate surface area is 160 Å². The minimum absolute atomic E-state index is 0.194. The average Bonchev–Trinajstić information content (AvgIpc) is 2.69. The second-order valence-electron chi connectivity index (χ2n) is 6.78. The highest BCUT2D eigenvalue weighted by molar-refractivity contribution is 7.89. The van der Waals surface area contributed by atoms with Gasteiger partial charge in [0.05, 0.1) is 4.90 Å². The SMILES string of the molecule is O=S(=O)(NCCN1CCCC(CO)C1)c1ccc(Oc2ccccc2)cc1. The predicted molar refractivity (Wildman–Crippen MR) is 104 cm³/mol. The summed E-state index contributed by atoms with van der Waals surface area (Å²) in [5.74, 6) is 1.59. The smallest absolute Gasteiger partial charge is 0.240 e. The molecule has 2 aromatic carbocycles. The Bertz CT molecular complexity index is 810. The van der Waals surface area contributed by atoms with E-state index in [1.54, 1.807) is 24.3 Å². The summed E-state index contributed by atoms with van der Waals surface area (Å²) in [6.07, 6.45) is 2.08. The summed E-state index contributed by atoms with van der Waals surface area (Å²) in [7, 11) is -3.55. The minimum Gasteiger partial charge on any atom is -0.457 e. The van der Waals surface area contributed by atoms with Crippen LogP contribution in [0, 0.1) is 5.92 Å². The van der Waals surface area contributed by atoms with Crippen LogP contribution in [0.5, 0.6) is 11.5 Å². The van der Waals surface area contributed by atoms with E-state index in [9.17, 15) is 13.5 Å². The summed E-state index contributed by atoms with van der Waals surface area (Å²) in [4.78, 5) is 2.42. The van der Waals surface area contributed by atoms with Gasteiger partial charge in [0.15, 0.2) is 0 Å². The molecule has 1 aliphatic heterocycles. The van der Waals surface area contributed by atoms with Crippen molar-refractivity contribution < 1.29 is 18.3 Å². The van der Waals surface area contributed by atoms with Crippen LogP contribution in [0.2, 0.25) is 0 Å². The summed E-state index contributed by atoms with van der Waals surface area (Å²) < 4.78 is 33.2. The molecule has 2 aromatic rings. The Kier molecular flexibility index (Phi) is 6.84. The van der Waals surface area contributed by atoms with Gasteiger partial charge < -0.3 is 14.7 Å². The van der Waals surface area contributed by atoms with E-state index in [4.69, 9.17) is 4.74 Å². The van der Waals surface area contributed by atoms with Crippen molar-refractivity contribution in [2.24, 2.45) is 5.92 Å². The van der Waals surface area contributed by atoms with Gasteiger partial charge in [0.2, 0.25) is 10.0 Å². The molecule has 0 saturated carbocycles. The number of nitrogens with zero attached hydrogens (tertiary/aromatic N) is 1. The van der Waals surface area contributed by atoms with Gasteiger partial charge in [-0.25, -0.2) is 13.1 Å². The van der Waals surface area contributed by atoms with E-state index in [0.29, 0.717) is 30.5 Å². The number of hydrogen-bond acceptors (Lipinski definition) is 5. The van der Waals surface area contributed by atoms with E-state index in [1.807, 2.05) is 30.3 Å². The number of ether oxygens (including phenoxy) is 1. The molecule has 0 aliphatic carbocycles. The van der Waals surface area contributed by atoms with Gasteiger partial charge in [-0.05, 0) is 61.7 Å². The van der Waals surface area contributed by atoms with Crippen LogP contribution in [-0.2, 0) is 10.0 Å². The summed E-state index contributed by atoms with van der Waals surface area (Å²) in [6, 6.07) is 15.7. The van der Waals surface area contributed by atoms with Crippen LogP contribution >= 0.6 is 0 Å². The van der Waals surface area contributed by atoms with Crippen molar-refractivity contribution in [3.63, 3.8) is 0 Å². The number of hydrogen-bond donors (Lipinski definition) is 2. The number of benzene rings is 2. The van der Waals surface area contributed by atoms with Crippen molar-refractivity contribution in [1.82, 2.24) is 9.62 Å². The van der Waals surface area contributed by atoms with Crippen molar-refractivity contribution in [2.75, 3.05) is 32.8 Å². The lowest BCUT2D eigenvalue weighted by atomic mass is 9.99. The van der Waals surface area contributed by atoms with Crippen LogP contribution in [0.4, 0.5) is 0 Å². The molecule has 3 rings (SSSR count). The van der Waals surface area contributed by atoms with E-state index in [0.717, 1.165) is 25.9 Å². The monoisotopic (exact) mass is 390 g/mol. The Hall–Kier alpha value is -1.93. The highest BCUT2D eigenvalue weighted by Gasteiger charge is 2.20. The molecule has 0 spiro atoms. The summed E-state index contributed by atoms with van der Waals surface area (Å²) in [5, 5.41) is 9.28. The Balaban J connectivity index is 1.52. The first-order chi connectivity index (χ1) is 13.1. The first kappa shape index (κ1) is 19.8. The molecular weight excluding hydrogens is 364 g/mol. The van der Waals surface area contributed by atoms with E-state index in [-0.39, 0.29) is 11.5 Å². The van der Waals surface area contributed by atoms with Gasteiger partial charge in [-0.3, -0.25) is 0 Å². The number of rotatable bonds is 8. The molecule has 1 atom stereocenters. The van der Waals surface area contributed by atoms with Gasteiger partial charge >= 0.3 is 0 Å². The standard InChI is InChI=1S/C20H26N2O4S/c23-16-17-5-4-13-22(15-17)14-12-21-27(24,25)20-10-8-19(9-11-20)26-18-6-2-1-3-7-18/h1-3,6-11,17,21,23H,4-5,12-16H2. The van der Waals surface area contributed by atoms with Gasteiger partial charge in [-0.1, -0.05) is 18.2 Å². The van der Waals surface area contributed by atoms with Crippen LogP contribution < -0.4 is 9.46 Å². The van der Waals surface area contributed by atoms with Crippen LogP contribution in [0.1, 0.15) is 12.8 Å². The minimum atomic E-state index is -3.55. The molecule has 27 heavy (non-hydrogen) atoms. The second-order valence-corrected chi connectivity index (χ2v) is 8.54. The number of para-hydroxylation sites is 1. The van der Waals surface area contributed by atoms with E-state index in [1.165, 1.54) is 0 Å². The Morgan fingerprint density at radius 3 is 2.48 bits per heavy atom. The lowest BCUT2D eigenvalue weighted by Gasteiger charge is -2.31. The van der Waals surface area contributed by atoms with Crippen molar-refractivity contribution in [3.05, 3.63) is 54.6 Å². The Morgan fingerprint density at radius 1 is 1.07 bits per heavy atom. The summed E-state index contributed by atoms with van der Waals surface area (Å²) >= 11 is 0. The molecule has 1 unspecified atom stereocenters. The molecule has 0 amide bonds. The number of nitrogens with one attached hydrogen (secondary N) is 1. The zero-order chi connectivity index (χ0) is 19.1. The fourth-order valence-electron chi connectivity index (χ4n) is 3.24. The molecular formula is C20H26N2O4S. The molecule has 7 heteroatoms. The number of likely N-dealkylation sites (tertiary alicyclic amines) is 1. The maximum absolute atomic E-state index is 12.5. The third kappa shape index (κ3) is 5.77. The van der Waals surface area contributed by atoms with Crippen molar-refractivity contribution in [2.45, 2.75) is 17.7 Å². The van der Waals surface area contributed by atoms with Gasteiger partial charge in [0.25, 0.3) is 0 Å². The van der Waals surface area contributed by atoms with Crippen LogP contribution in [0.3, 0.4) is 0 Å². The normalized spacial score (nSPS) is 18.3. The quantitative estimate of drug-likeness (QED) is 0.724. The van der Waals surface area contributed by atoms with Crippen molar-refractivity contribution >= 4 is 10.0 Å². The lowest BCUT2D eigenvalue weighted by Crippen LogP contribution is -2.41. The van der Waals surface area contributed by atoms with E-state index in [2.05, 4.69) is 9.62 Å². The molecule has 146 valence electrons. The first-order valence-electron chi connectivity index (χ1n) is 9.23. The van der Waals surface area contributed by atoms with Gasteiger partial charge in [0.1, 0.15) is 11.5 Å². The number of sulfonamides is 1. The first-order valence-corrected chi connectivity index (χ1v) is 10.7. The fourth-order valence-corrected chi connectivity index (χ4v) is 4.26. The number of aliphatic hydroxyl groups excluding tert-OH is 1. The highest BCUT2D eigenvalue weighted by Crippen LogP contribution is 2.22. The van der Waals surface area contributed by atoms with Crippen molar-refractivity contribution in [1.29, 1.82) is 0 Å². The molecule has 6 nitrogen and oxygen atoms in total. The van der Waals surface area contributed by atoms with Crippen LogP contribution in [-0.4, -0.2) is 51.2 Å². The average molecular weight is 391 g/mol. The maximum atomic E-state index is 12.5. The molecule has 2 N–H and O–H groups in total. The van der Waals surface area contributed by atoms with Crippen LogP contribution in [0.15, 0.2) is 59.5 Å². The largest absolute Gasteiger partial charge is 0.457 e. The zero-order valence-corrected chi connectivity index (χ0v) is 16.1. The molecule has 0 aromatic heterocycles. The van der Waals surface area contributed by atoms with Crippen molar-refractivity contribution in [3.8, 4) is 11.5 Å². The molecule has 1 saturated heterocycles. The molecule has 1 fully saturated rings. The molecule has 0 radical (unpaired) electrons. The second kappa shape index (κ2) is 9.32. The topological polar surface area (TPSA) is 78.9 Å². The third-order valence-corrected chi connectivity index (χ3v) is 6.17. The summed E-state index contributed by atoms with van der Waals surface area (Å²) in [6.45, 7) is 2.96. The van der Waals surface area contributed by atoms with Gasteiger partial charge in [-0.2, -0.15) is 0 Å². The molecule has 1 aliphatic rings. The third-order valence-electron chi connectivity index (χ3n) is 4.69. The Morgan fingerprint density at radius 2 is 1.78 bits per heavy atom. The fraction of sp³-hybridized carbons (Fsp3) is 0.400. The molecule has 1 heterocycles. The highest BCUT2D eigenvalue weighted by atomic mass is 32.2. The molecule has 0 bridgehead atoms. The van der Waals surface area contributed by atoms with Gasteiger partial charge in [-0.15, -0.1) is 0 Å². The number of piperidine rings is 1. The summed E-state index contributed by atoms with van der Waals surface area (Å²) in [5.41, 5.74) is 0.